The summed E-state index contributed by atoms with van der Waals surface area (Å²) in [5.74, 6) is 1.81. The molecule has 3 heterocycles. The lowest BCUT2D eigenvalue weighted by atomic mass is 10.0. The summed E-state index contributed by atoms with van der Waals surface area (Å²) in [4.78, 5) is 23.1. The Morgan fingerprint density at radius 2 is 1.82 bits per heavy atom. The molecule has 6 rings (SSSR count). The fourth-order valence-electron chi connectivity index (χ4n) is 5.01. The first-order chi connectivity index (χ1) is 19.7. The first-order valence-electron chi connectivity index (χ1n) is 13.5. The molecule has 0 atom stereocenters. The summed E-state index contributed by atoms with van der Waals surface area (Å²) in [6, 6.07) is 27.0. The van der Waals surface area contributed by atoms with Gasteiger partial charge in [0, 0.05) is 41.4 Å². The lowest BCUT2D eigenvalue weighted by Gasteiger charge is -2.27. The van der Waals surface area contributed by atoms with Crippen molar-refractivity contribution >= 4 is 55.6 Å². The Kier molecular flexibility index (Phi) is 8.48. The minimum atomic E-state index is 0.0671. The molecule has 0 fully saturated rings. The number of benzene rings is 3. The van der Waals surface area contributed by atoms with Crippen LogP contribution < -0.4 is 10.1 Å². The third-order valence-electron chi connectivity index (χ3n) is 7.02. The molecule has 1 N–H and O–H groups in total. The summed E-state index contributed by atoms with van der Waals surface area (Å²) in [7, 11) is 1.67. The Morgan fingerprint density at radius 1 is 1.02 bits per heavy atom. The van der Waals surface area contributed by atoms with E-state index in [0.29, 0.717) is 6.42 Å². The van der Waals surface area contributed by atoms with Crippen molar-refractivity contribution in [3.63, 3.8) is 0 Å². The molecule has 204 valence electrons. The lowest BCUT2D eigenvalue weighted by Crippen LogP contribution is -2.29. The molecule has 0 spiro atoms. The third-order valence-corrected chi connectivity index (χ3v) is 10.3. The molecule has 1 aliphatic rings. The fourth-order valence-corrected chi connectivity index (χ4v) is 8.28. The number of hydrogen-bond donors (Lipinski definition) is 1. The van der Waals surface area contributed by atoms with Gasteiger partial charge >= 0.3 is 0 Å². The minimum Gasteiger partial charge on any atom is -0.497 e. The molecule has 5 aromatic rings. The number of thiazole rings is 1. The first kappa shape index (κ1) is 27.0. The Morgan fingerprint density at radius 3 is 2.62 bits per heavy atom. The average Bonchev–Trinajstić information content (AvgIpc) is 3.56. The molecule has 8 heteroatoms. The monoisotopic (exact) mass is 585 g/mol. The van der Waals surface area contributed by atoms with Gasteiger partial charge in [-0.15, -0.1) is 34.4 Å². The molecular formula is C32H31N3O2S3. The molecular weight excluding hydrogens is 555 g/mol. The fraction of sp³-hybridized carbons (Fsp3) is 0.250. The van der Waals surface area contributed by atoms with Crippen LogP contribution in [-0.2, 0) is 24.3 Å². The van der Waals surface area contributed by atoms with Crippen LogP contribution in [0.25, 0.3) is 20.8 Å². The normalized spacial score (nSPS) is 13.3. The summed E-state index contributed by atoms with van der Waals surface area (Å²) >= 11 is 5.20. The van der Waals surface area contributed by atoms with Gasteiger partial charge in [-0.25, -0.2) is 4.98 Å². The molecule has 5 nitrogen and oxygen atoms in total. The topological polar surface area (TPSA) is 54.5 Å². The first-order valence-corrected chi connectivity index (χ1v) is 16.1. The summed E-state index contributed by atoms with van der Waals surface area (Å²) in [5, 5.41) is 5.23. The summed E-state index contributed by atoms with van der Waals surface area (Å²) in [6.07, 6.45) is 2.26. The number of rotatable bonds is 10. The van der Waals surface area contributed by atoms with E-state index in [2.05, 4.69) is 70.9 Å². The highest BCUT2D eigenvalue weighted by Gasteiger charge is 2.27. The predicted molar refractivity (Wildman–Crippen MR) is 169 cm³/mol. The number of thiophene rings is 1. The number of ether oxygens (including phenoxy) is 1. The summed E-state index contributed by atoms with van der Waals surface area (Å²) in [6.45, 7) is 2.82. The second kappa shape index (κ2) is 12.6. The number of methoxy groups -OCH3 is 1. The van der Waals surface area contributed by atoms with Gasteiger partial charge in [-0.1, -0.05) is 42.5 Å². The van der Waals surface area contributed by atoms with Crippen LogP contribution in [0.4, 0.5) is 5.00 Å². The number of carbonyl (C=O) groups is 1. The molecule has 0 saturated carbocycles. The van der Waals surface area contributed by atoms with E-state index in [4.69, 9.17) is 9.72 Å². The van der Waals surface area contributed by atoms with Gasteiger partial charge in [0.2, 0.25) is 5.91 Å². The van der Waals surface area contributed by atoms with Crippen LogP contribution in [0.5, 0.6) is 5.75 Å². The number of nitrogens with zero attached hydrogens (tertiary/aromatic N) is 2. The van der Waals surface area contributed by atoms with Crippen LogP contribution >= 0.6 is 34.4 Å². The molecule has 40 heavy (non-hydrogen) atoms. The largest absolute Gasteiger partial charge is 0.497 e. The maximum Gasteiger partial charge on any atom is 0.225 e. The van der Waals surface area contributed by atoms with E-state index < -0.39 is 0 Å². The average molecular weight is 586 g/mol. The minimum absolute atomic E-state index is 0.0671. The van der Waals surface area contributed by atoms with Crippen molar-refractivity contribution in [2.75, 3.05) is 24.7 Å². The molecule has 1 aliphatic heterocycles. The number of nitrogens with one attached hydrogen (secondary N) is 1. The van der Waals surface area contributed by atoms with Crippen molar-refractivity contribution in [1.29, 1.82) is 0 Å². The van der Waals surface area contributed by atoms with Crippen LogP contribution in [0, 0.1) is 0 Å². The second-order valence-corrected chi connectivity index (χ2v) is 13.1. The van der Waals surface area contributed by atoms with Crippen LogP contribution in [0.1, 0.15) is 28.8 Å². The van der Waals surface area contributed by atoms with Gasteiger partial charge in [0.1, 0.15) is 15.8 Å². The van der Waals surface area contributed by atoms with E-state index in [1.807, 2.05) is 18.2 Å². The third kappa shape index (κ3) is 6.25. The molecule has 2 aromatic heterocycles. The maximum atomic E-state index is 13.1. The van der Waals surface area contributed by atoms with Gasteiger partial charge in [0.15, 0.2) is 0 Å². The van der Waals surface area contributed by atoms with Gasteiger partial charge in [0.05, 0.1) is 17.3 Å². The smallest absolute Gasteiger partial charge is 0.225 e. The molecule has 0 unspecified atom stereocenters. The zero-order valence-corrected chi connectivity index (χ0v) is 24.8. The van der Waals surface area contributed by atoms with E-state index in [9.17, 15) is 4.79 Å². The van der Waals surface area contributed by atoms with Crippen molar-refractivity contribution in [2.45, 2.75) is 37.2 Å². The van der Waals surface area contributed by atoms with Gasteiger partial charge in [0.25, 0.3) is 0 Å². The molecule has 0 aliphatic carbocycles. The second-order valence-electron chi connectivity index (χ2n) is 9.82. The zero-order valence-electron chi connectivity index (χ0n) is 22.4. The van der Waals surface area contributed by atoms with Gasteiger partial charge in [-0.05, 0) is 66.1 Å². The van der Waals surface area contributed by atoms with Crippen molar-refractivity contribution in [3.05, 3.63) is 94.9 Å². The van der Waals surface area contributed by atoms with E-state index in [0.717, 1.165) is 65.1 Å². The quantitative estimate of drug-likeness (QED) is 0.133. The highest BCUT2D eigenvalue weighted by molar-refractivity contribution is 7.99. The Hall–Kier alpha value is -3.17. The Balaban J connectivity index is 1.17. The van der Waals surface area contributed by atoms with Crippen LogP contribution in [0.2, 0.25) is 0 Å². The molecule has 3 aromatic carbocycles. The lowest BCUT2D eigenvalue weighted by molar-refractivity contribution is -0.116. The van der Waals surface area contributed by atoms with Crippen molar-refractivity contribution in [3.8, 4) is 16.3 Å². The number of hydrogen-bond acceptors (Lipinski definition) is 7. The molecule has 1 amide bonds. The number of para-hydroxylation sites is 1. The highest BCUT2D eigenvalue weighted by atomic mass is 32.2. The number of carbonyl (C=O) groups excluding carboxylic acids is 1. The van der Waals surface area contributed by atoms with Crippen molar-refractivity contribution < 1.29 is 9.53 Å². The molecule has 0 radical (unpaired) electrons. The predicted octanol–water partition coefficient (Wildman–Crippen LogP) is 8.10. The van der Waals surface area contributed by atoms with Crippen LogP contribution in [-0.4, -0.2) is 35.2 Å². The van der Waals surface area contributed by atoms with Crippen LogP contribution in [0.3, 0.4) is 0 Å². The Bertz CT molecular complexity index is 1560. The van der Waals surface area contributed by atoms with E-state index in [1.54, 1.807) is 41.5 Å². The van der Waals surface area contributed by atoms with Gasteiger partial charge in [-0.3, -0.25) is 9.69 Å². The SMILES string of the molecule is COc1ccc(SCCCC(=O)Nc2sc3c(c2-c2nc4ccccc4s2)CCN(Cc2ccccc2)C3)cc1. The van der Waals surface area contributed by atoms with Crippen LogP contribution in [0.15, 0.2) is 83.8 Å². The highest BCUT2D eigenvalue weighted by Crippen LogP contribution is 2.46. The number of anilines is 1. The Labute approximate surface area is 247 Å². The standard InChI is InChI=1S/C32H31N3O2S3/c1-37-23-13-15-24(16-14-23)38-19-7-12-29(36)34-32-30(31-33-26-10-5-6-11-27(26)39-31)25-17-18-35(21-28(25)40-32)20-22-8-3-2-4-9-22/h2-6,8-11,13-16H,7,12,17-21H2,1H3,(H,34,36). The number of fused-ring (bicyclic) bond motifs is 2. The van der Waals surface area contributed by atoms with Crippen molar-refractivity contribution in [1.82, 2.24) is 9.88 Å². The molecule has 0 bridgehead atoms. The van der Waals surface area contributed by atoms with E-state index in [1.165, 1.54) is 25.6 Å². The molecule has 0 saturated heterocycles. The summed E-state index contributed by atoms with van der Waals surface area (Å²) < 4.78 is 6.41. The summed E-state index contributed by atoms with van der Waals surface area (Å²) in [5.41, 5.74) is 4.81. The number of aromatic nitrogens is 1. The number of thioether (sulfide) groups is 1. The maximum absolute atomic E-state index is 13.1. The number of amides is 1. The van der Waals surface area contributed by atoms with Crippen molar-refractivity contribution in [2.24, 2.45) is 0 Å². The zero-order chi connectivity index (χ0) is 27.3. The van der Waals surface area contributed by atoms with Gasteiger partial charge < -0.3 is 10.1 Å². The van der Waals surface area contributed by atoms with E-state index >= 15 is 0 Å². The van der Waals surface area contributed by atoms with Gasteiger partial charge in [-0.2, -0.15) is 0 Å². The van der Waals surface area contributed by atoms with E-state index in [-0.39, 0.29) is 5.91 Å².